The molecule has 19 heavy (non-hydrogen) atoms. The van der Waals surface area contributed by atoms with Crippen molar-refractivity contribution in [3.05, 3.63) is 59.4 Å². The fourth-order valence-corrected chi connectivity index (χ4v) is 1.76. The molecule has 2 aromatic rings. The van der Waals surface area contributed by atoms with Gasteiger partial charge in [0, 0.05) is 24.0 Å². The van der Waals surface area contributed by atoms with Gasteiger partial charge < -0.3 is 10.6 Å². The van der Waals surface area contributed by atoms with Crippen molar-refractivity contribution in [1.29, 1.82) is 0 Å². The van der Waals surface area contributed by atoms with Crippen molar-refractivity contribution in [3.8, 4) is 0 Å². The first-order chi connectivity index (χ1) is 9.19. The molecular formula is C15H17N3O. The Morgan fingerprint density at radius 2 is 1.89 bits per heavy atom. The van der Waals surface area contributed by atoms with E-state index in [1.807, 2.05) is 44.3 Å². The summed E-state index contributed by atoms with van der Waals surface area (Å²) in [4.78, 5) is 16.3. The molecule has 1 aromatic heterocycles. The van der Waals surface area contributed by atoms with Gasteiger partial charge in [-0.05, 0) is 43.3 Å². The Morgan fingerprint density at radius 3 is 2.53 bits per heavy atom. The SMILES string of the molecule is CNc1ccc(C(=O)NCc2cccc(C)n2)cc1. The highest BCUT2D eigenvalue weighted by atomic mass is 16.1. The number of anilines is 1. The van der Waals surface area contributed by atoms with Gasteiger partial charge in [0.15, 0.2) is 0 Å². The summed E-state index contributed by atoms with van der Waals surface area (Å²) in [5, 5.41) is 5.87. The van der Waals surface area contributed by atoms with Crippen LogP contribution in [0.5, 0.6) is 0 Å². The molecule has 0 spiro atoms. The Morgan fingerprint density at radius 1 is 1.16 bits per heavy atom. The van der Waals surface area contributed by atoms with Gasteiger partial charge in [0.05, 0.1) is 12.2 Å². The number of amides is 1. The number of hydrogen-bond acceptors (Lipinski definition) is 3. The minimum atomic E-state index is -0.0917. The molecule has 4 heteroatoms. The Balaban J connectivity index is 1.97. The van der Waals surface area contributed by atoms with Crippen molar-refractivity contribution in [1.82, 2.24) is 10.3 Å². The Hall–Kier alpha value is -2.36. The lowest BCUT2D eigenvalue weighted by molar-refractivity contribution is 0.0950. The number of nitrogens with one attached hydrogen (secondary N) is 2. The fraction of sp³-hybridized carbons (Fsp3) is 0.200. The van der Waals surface area contributed by atoms with Gasteiger partial charge in [0.2, 0.25) is 0 Å². The van der Waals surface area contributed by atoms with Crippen LogP contribution in [0.2, 0.25) is 0 Å². The summed E-state index contributed by atoms with van der Waals surface area (Å²) in [5.41, 5.74) is 3.44. The van der Waals surface area contributed by atoms with Crippen LogP contribution in [0.3, 0.4) is 0 Å². The lowest BCUT2D eigenvalue weighted by Crippen LogP contribution is -2.23. The first kappa shape index (κ1) is 13.1. The molecule has 0 saturated heterocycles. The normalized spacial score (nSPS) is 10.0. The first-order valence-electron chi connectivity index (χ1n) is 6.17. The Bertz CT molecular complexity index is 564. The number of carbonyl (C=O) groups excluding carboxylic acids is 1. The molecular weight excluding hydrogens is 238 g/mol. The zero-order chi connectivity index (χ0) is 13.7. The van der Waals surface area contributed by atoms with E-state index in [2.05, 4.69) is 15.6 Å². The highest BCUT2D eigenvalue weighted by molar-refractivity contribution is 5.94. The number of pyridine rings is 1. The molecule has 0 bridgehead atoms. The highest BCUT2D eigenvalue weighted by Gasteiger charge is 2.05. The predicted molar refractivity (Wildman–Crippen MR) is 76.1 cm³/mol. The average molecular weight is 255 g/mol. The molecule has 0 aliphatic rings. The van der Waals surface area contributed by atoms with Crippen molar-refractivity contribution >= 4 is 11.6 Å². The van der Waals surface area contributed by atoms with Crippen molar-refractivity contribution in [2.24, 2.45) is 0 Å². The standard InChI is InChI=1S/C15H17N3O/c1-11-4-3-5-14(18-11)10-17-15(19)12-6-8-13(16-2)9-7-12/h3-9,16H,10H2,1-2H3,(H,17,19). The van der Waals surface area contributed by atoms with E-state index in [0.29, 0.717) is 12.1 Å². The quantitative estimate of drug-likeness (QED) is 0.881. The summed E-state index contributed by atoms with van der Waals surface area (Å²) in [5.74, 6) is -0.0917. The van der Waals surface area contributed by atoms with Gasteiger partial charge in [-0.2, -0.15) is 0 Å². The van der Waals surface area contributed by atoms with Crippen LogP contribution in [0.1, 0.15) is 21.7 Å². The van der Waals surface area contributed by atoms with Crippen LogP contribution >= 0.6 is 0 Å². The van der Waals surface area contributed by atoms with Gasteiger partial charge in [-0.15, -0.1) is 0 Å². The van der Waals surface area contributed by atoms with Crippen LogP contribution in [0.4, 0.5) is 5.69 Å². The maximum atomic E-state index is 11.9. The van der Waals surface area contributed by atoms with E-state index in [1.165, 1.54) is 0 Å². The number of carbonyl (C=O) groups is 1. The maximum Gasteiger partial charge on any atom is 0.251 e. The van der Waals surface area contributed by atoms with Crippen LogP contribution in [-0.2, 0) is 6.54 Å². The summed E-state index contributed by atoms with van der Waals surface area (Å²) in [6, 6.07) is 13.1. The van der Waals surface area contributed by atoms with E-state index in [-0.39, 0.29) is 5.91 Å². The first-order valence-corrected chi connectivity index (χ1v) is 6.17. The van der Waals surface area contributed by atoms with E-state index < -0.39 is 0 Å². The topological polar surface area (TPSA) is 54.0 Å². The van der Waals surface area contributed by atoms with Crippen LogP contribution < -0.4 is 10.6 Å². The van der Waals surface area contributed by atoms with Crippen LogP contribution in [-0.4, -0.2) is 17.9 Å². The van der Waals surface area contributed by atoms with Crippen LogP contribution in [0, 0.1) is 6.92 Å². The van der Waals surface area contributed by atoms with Gasteiger partial charge in [0.1, 0.15) is 0 Å². The molecule has 4 nitrogen and oxygen atoms in total. The molecule has 2 rings (SSSR count). The molecule has 98 valence electrons. The van der Waals surface area contributed by atoms with Gasteiger partial charge >= 0.3 is 0 Å². The smallest absolute Gasteiger partial charge is 0.251 e. The predicted octanol–water partition coefficient (Wildman–Crippen LogP) is 2.36. The zero-order valence-corrected chi connectivity index (χ0v) is 11.1. The number of aryl methyl sites for hydroxylation is 1. The molecule has 0 radical (unpaired) electrons. The maximum absolute atomic E-state index is 11.9. The molecule has 0 unspecified atom stereocenters. The van der Waals surface area contributed by atoms with Crippen LogP contribution in [0.15, 0.2) is 42.5 Å². The monoisotopic (exact) mass is 255 g/mol. The number of nitrogens with zero attached hydrogens (tertiary/aromatic N) is 1. The fourth-order valence-electron chi connectivity index (χ4n) is 1.76. The van der Waals surface area contributed by atoms with Gasteiger partial charge in [-0.3, -0.25) is 9.78 Å². The minimum absolute atomic E-state index is 0.0917. The number of aromatic nitrogens is 1. The highest BCUT2D eigenvalue weighted by Crippen LogP contribution is 2.08. The van der Waals surface area contributed by atoms with Gasteiger partial charge in [-0.1, -0.05) is 6.07 Å². The number of rotatable bonds is 4. The largest absolute Gasteiger partial charge is 0.388 e. The second kappa shape index (κ2) is 6.00. The van der Waals surface area contributed by atoms with Crippen molar-refractivity contribution in [3.63, 3.8) is 0 Å². The minimum Gasteiger partial charge on any atom is -0.388 e. The van der Waals surface area contributed by atoms with E-state index in [1.54, 1.807) is 12.1 Å². The Kier molecular flexibility index (Phi) is 4.13. The molecule has 0 atom stereocenters. The molecule has 0 saturated carbocycles. The molecule has 1 aromatic carbocycles. The summed E-state index contributed by atoms with van der Waals surface area (Å²) >= 11 is 0. The number of hydrogen-bond donors (Lipinski definition) is 2. The molecule has 0 aliphatic heterocycles. The average Bonchev–Trinajstić information content (AvgIpc) is 2.45. The molecule has 1 amide bonds. The van der Waals surface area contributed by atoms with Crippen molar-refractivity contribution in [2.45, 2.75) is 13.5 Å². The molecule has 0 aliphatic carbocycles. The third-order valence-electron chi connectivity index (χ3n) is 2.81. The summed E-state index contributed by atoms with van der Waals surface area (Å²) in [7, 11) is 1.85. The van der Waals surface area contributed by atoms with Crippen molar-refractivity contribution in [2.75, 3.05) is 12.4 Å². The molecule has 0 fully saturated rings. The van der Waals surface area contributed by atoms with Gasteiger partial charge in [0.25, 0.3) is 5.91 Å². The third kappa shape index (κ3) is 3.55. The van der Waals surface area contributed by atoms with Gasteiger partial charge in [-0.25, -0.2) is 0 Å². The summed E-state index contributed by atoms with van der Waals surface area (Å²) in [6.07, 6.45) is 0. The second-order valence-corrected chi connectivity index (χ2v) is 4.28. The Labute approximate surface area is 112 Å². The second-order valence-electron chi connectivity index (χ2n) is 4.28. The summed E-state index contributed by atoms with van der Waals surface area (Å²) < 4.78 is 0. The lowest BCUT2D eigenvalue weighted by Gasteiger charge is -2.06. The van der Waals surface area contributed by atoms with E-state index >= 15 is 0 Å². The summed E-state index contributed by atoms with van der Waals surface area (Å²) in [6.45, 7) is 2.37. The van der Waals surface area contributed by atoms with E-state index in [9.17, 15) is 4.79 Å². The lowest BCUT2D eigenvalue weighted by atomic mass is 10.2. The van der Waals surface area contributed by atoms with Crippen molar-refractivity contribution < 1.29 is 4.79 Å². The zero-order valence-electron chi connectivity index (χ0n) is 11.1. The number of benzene rings is 1. The van der Waals surface area contributed by atoms with Crippen LogP contribution in [0.25, 0.3) is 0 Å². The third-order valence-corrected chi connectivity index (χ3v) is 2.81. The molecule has 2 N–H and O–H groups in total. The van der Waals surface area contributed by atoms with E-state index in [4.69, 9.17) is 0 Å². The van der Waals surface area contributed by atoms with E-state index in [0.717, 1.165) is 17.1 Å². The molecule has 1 heterocycles.